The zero-order valence-corrected chi connectivity index (χ0v) is 15.6. The molecular formula is C20H41NO. The van der Waals surface area contributed by atoms with Gasteiger partial charge in [0.2, 0.25) is 0 Å². The first-order valence-electron chi connectivity index (χ1n) is 9.99. The monoisotopic (exact) mass is 311 g/mol. The van der Waals surface area contributed by atoms with Gasteiger partial charge in [0.25, 0.3) is 0 Å². The van der Waals surface area contributed by atoms with Crippen LogP contribution in [0, 0.1) is 11.1 Å². The summed E-state index contributed by atoms with van der Waals surface area (Å²) in [6.45, 7) is 7.37. The van der Waals surface area contributed by atoms with Crippen molar-refractivity contribution in [1.29, 1.82) is 0 Å². The normalized spacial score (nSPS) is 13.5. The van der Waals surface area contributed by atoms with Gasteiger partial charge in [-0.2, -0.15) is 0 Å². The van der Waals surface area contributed by atoms with Gasteiger partial charge in [-0.25, -0.2) is 4.74 Å². The molecule has 2 nitrogen and oxygen atoms in total. The summed E-state index contributed by atoms with van der Waals surface area (Å²) in [5.74, 6) is 0.438. The summed E-state index contributed by atoms with van der Waals surface area (Å²) < 4.78 is 1.19. The van der Waals surface area contributed by atoms with Gasteiger partial charge < -0.3 is 5.21 Å². The van der Waals surface area contributed by atoms with E-state index in [0.29, 0.717) is 12.5 Å². The highest BCUT2D eigenvalue weighted by molar-refractivity contribution is 5.54. The zero-order valence-electron chi connectivity index (χ0n) is 15.6. The summed E-state index contributed by atoms with van der Waals surface area (Å²) in [5, 5.41) is 11.8. The summed E-state index contributed by atoms with van der Waals surface area (Å²) in [6.07, 6.45) is 20.0. The average molecular weight is 312 g/mol. The molecule has 22 heavy (non-hydrogen) atoms. The molecule has 0 aliphatic carbocycles. The van der Waals surface area contributed by atoms with Gasteiger partial charge in [-0.15, -0.1) is 0 Å². The standard InChI is InChI=1S/C20H41NO/c1-4-6-8-10-12-13-15-17-20(3)19-21(22)18-16-14-11-9-7-5-2/h19-20H,4-18H2,1-3H3. The van der Waals surface area contributed by atoms with Gasteiger partial charge in [-0.1, -0.05) is 91.4 Å². The van der Waals surface area contributed by atoms with Crippen LogP contribution in [0.5, 0.6) is 0 Å². The highest BCUT2D eigenvalue weighted by atomic mass is 16.5. The van der Waals surface area contributed by atoms with Crippen LogP contribution in [0.4, 0.5) is 0 Å². The molecule has 0 rings (SSSR count). The van der Waals surface area contributed by atoms with Crippen LogP contribution in [0.15, 0.2) is 0 Å². The van der Waals surface area contributed by atoms with Gasteiger partial charge in [0, 0.05) is 12.3 Å². The first-order chi connectivity index (χ1) is 10.7. The van der Waals surface area contributed by atoms with Crippen molar-refractivity contribution in [2.45, 2.75) is 111 Å². The van der Waals surface area contributed by atoms with E-state index < -0.39 is 0 Å². The van der Waals surface area contributed by atoms with E-state index in [1.807, 2.05) is 6.21 Å². The van der Waals surface area contributed by atoms with E-state index in [-0.39, 0.29) is 0 Å². The Kier molecular flexibility index (Phi) is 16.4. The molecule has 0 saturated carbocycles. The lowest BCUT2D eigenvalue weighted by atomic mass is 10.0. The van der Waals surface area contributed by atoms with Crippen molar-refractivity contribution in [1.82, 2.24) is 0 Å². The molecule has 0 aromatic rings. The molecule has 0 aromatic carbocycles. The fourth-order valence-corrected chi connectivity index (χ4v) is 2.90. The molecule has 0 bridgehead atoms. The quantitative estimate of drug-likeness (QED) is 0.102. The topological polar surface area (TPSA) is 26.1 Å². The predicted octanol–water partition coefficient (Wildman–Crippen LogP) is 6.70. The number of rotatable bonds is 16. The number of nitrogens with zero attached hydrogens (tertiary/aromatic N) is 1. The van der Waals surface area contributed by atoms with E-state index in [9.17, 15) is 5.21 Å². The summed E-state index contributed by atoms with van der Waals surface area (Å²) >= 11 is 0. The van der Waals surface area contributed by atoms with Gasteiger partial charge in [-0.05, 0) is 12.8 Å². The van der Waals surface area contributed by atoms with Crippen LogP contribution in [0.2, 0.25) is 0 Å². The number of hydrogen-bond acceptors (Lipinski definition) is 1. The van der Waals surface area contributed by atoms with Gasteiger partial charge in [0.15, 0.2) is 12.8 Å². The Morgan fingerprint density at radius 1 is 0.727 bits per heavy atom. The third-order valence-electron chi connectivity index (χ3n) is 4.42. The lowest BCUT2D eigenvalue weighted by molar-refractivity contribution is -0.455. The maximum absolute atomic E-state index is 11.8. The van der Waals surface area contributed by atoms with Gasteiger partial charge in [0.1, 0.15) is 0 Å². The van der Waals surface area contributed by atoms with Crippen LogP contribution in [0.1, 0.15) is 111 Å². The molecule has 0 radical (unpaired) electrons. The van der Waals surface area contributed by atoms with Crippen molar-refractivity contribution in [3.05, 3.63) is 5.21 Å². The Hall–Kier alpha value is -0.530. The molecule has 0 spiro atoms. The molecule has 0 aliphatic heterocycles. The number of unbranched alkanes of at least 4 members (excludes halogenated alkanes) is 11. The largest absolute Gasteiger partial charge is 0.624 e. The van der Waals surface area contributed by atoms with Crippen molar-refractivity contribution < 1.29 is 4.74 Å². The first kappa shape index (κ1) is 21.5. The van der Waals surface area contributed by atoms with Gasteiger partial charge in [0.05, 0.1) is 0 Å². The third kappa shape index (κ3) is 15.9. The van der Waals surface area contributed by atoms with Crippen LogP contribution < -0.4 is 0 Å². The molecule has 0 amide bonds. The fourth-order valence-electron chi connectivity index (χ4n) is 2.90. The predicted molar refractivity (Wildman–Crippen MR) is 99.7 cm³/mol. The minimum atomic E-state index is 0.438. The highest BCUT2D eigenvalue weighted by Crippen LogP contribution is 2.11. The molecular weight excluding hydrogens is 270 g/mol. The fraction of sp³-hybridized carbons (Fsp3) is 0.950. The number of hydrogen-bond donors (Lipinski definition) is 0. The summed E-state index contributed by atoms with van der Waals surface area (Å²) in [6, 6.07) is 0. The molecule has 0 heterocycles. The minimum absolute atomic E-state index is 0.438. The maximum Gasteiger partial charge on any atom is 0.153 e. The van der Waals surface area contributed by atoms with Crippen molar-refractivity contribution in [3.63, 3.8) is 0 Å². The van der Waals surface area contributed by atoms with E-state index in [1.165, 1.54) is 88.2 Å². The lowest BCUT2D eigenvalue weighted by Gasteiger charge is -2.08. The molecule has 1 atom stereocenters. The molecule has 132 valence electrons. The molecule has 0 fully saturated rings. The lowest BCUT2D eigenvalue weighted by Crippen LogP contribution is -2.12. The molecule has 0 saturated heterocycles. The van der Waals surface area contributed by atoms with Crippen molar-refractivity contribution in [2.75, 3.05) is 6.54 Å². The van der Waals surface area contributed by atoms with E-state index in [0.717, 1.165) is 6.42 Å². The Morgan fingerprint density at radius 3 is 1.73 bits per heavy atom. The van der Waals surface area contributed by atoms with Crippen LogP contribution in [-0.2, 0) is 0 Å². The molecule has 0 N–H and O–H groups in total. The molecule has 1 unspecified atom stereocenters. The van der Waals surface area contributed by atoms with E-state index >= 15 is 0 Å². The second-order valence-electron chi connectivity index (χ2n) is 6.94. The van der Waals surface area contributed by atoms with Gasteiger partial charge >= 0.3 is 0 Å². The van der Waals surface area contributed by atoms with E-state index in [2.05, 4.69) is 20.8 Å². The van der Waals surface area contributed by atoms with Gasteiger partial charge in [-0.3, -0.25) is 0 Å². The Bertz CT molecular complexity index is 250. The summed E-state index contributed by atoms with van der Waals surface area (Å²) in [7, 11) is 0. The molecule has 0 aliphatic rings. The second-order valence-corrected chi connectivity index (χ2v) is 6.94. The Morgan fingerprint density at radius 2 is 1.18 bits per heavy atom. The third-order valence-corrected chi connectivity index (χ3v) is 4.42. The van der Waals surface area contributed by atoms with Crippen LogP contribution >= 0.6 is 0 Å². The van der Waals surface area contributed by atoms with Crippen LogP contribution in [0.3, 0.4) is 0 Å². The van der Waals surface area contributed by atoms with E-state index in [1.54, 1.807) is 0 Å². The number of hydroxylamine groups is 1. The first-order valence-corrected chi connectivity index (χ1v) is 9.99. The molecule has 0 aromatic heterocycles. The summed E-state index contributed by atoms with van der Waals surface area (Å²) in [4.78, 5) is 0. The Balaban J connectivity index is 3.47. The SMILES string of the molecule is CCCCCCCCCC(C)C=[N+]([O-])CCCCCCCC. The minimum Gasteiger partial charge on any atom is -0.624 e. The average Bonchev–Trinajstić information content (AvgIpc) is 2.50. The van der Waals surface area contributed by atoms with Crippen molar-refractivity contribution in [3.8, 4) is 0 Å². The second kappa shape index (κ2) is 16.8. The highest BCUT2D eigenvalue weighted by Gasteiger charge is 2.04. The van der Waals surface area contributed by atoms with Crippen molar-refractivity contribution >= 4 is 6.21 Å². The van der Waals surface area contributed by atoms with Crippen LogP contribution in [0.25, 0.3) is 0 Å². The van der Waals surface area contributed by atoms with E-state index in [4.69, 9.17) is 0 Å². The maximum atomic E-state index is 11.8. The Labute approximate surface area is 140 Å². The van der Waals surface area contributed by atoms with Crippen molar-refractivity contribution in [2.24, 2.45) is 5.92 Å². The zero-order chi connectivity index (χ0) is 16.5. The summed E-state index contributed by atoms with van der Waals surface area (Å²) in [5.41, 5.74) is 0. The van der Waals surface area contributed by atoms with Crippen LogP contribution in [-0.4, -0.2) is 17.5 Å². The molecule has 2 heteroatoms. The smallest absolute Gasteiger partial charge is 0.153 e.